The van der Waals surface area contributed by atoms with Gasteiger partial charge in [-0.05, 0) is 18.2 Å². The van der Waals surface area contributed by atoms with Gasteiger partial charge in [-0.3, -0.25) is 9.59 Å². The first kappa shape index (κ1) is 16.1. The van der Waals surface area contributed by atoms with E-state index in [1.807, 2.05) is 0 Å². The Morgan fingerprint density at radius 2 is 2.17 bits per heavy atom. The molecule has 124 valence electrons. The SMILES string of the molecule is N#C[C@@H]1CC(F)(F)CN1C(=O)CCC(=O)c1ccn2nccc2c1. The van der Waals surface area contributed by atoms with Gasteiger partial charge in [0.1, 0.15) is 6.04 Å². The van der Waals surface area contributed by atoms with E-state index in [1.165, 1.54) is 0 Å². The van der Waals surface area contributed by atoms with Crippen molar-refractivity contribution in [2.75, 3.05) is 6.54 Å². The van der Waals surface area contributed by atoms with Crippen LogP contribution in [0.1, 0.15) is 29.6 Å². The van der Waals surface area contributed by atoms with Crippen molar-refractivity contribution in [1.29, 1.82) is 5.26 Å². The summed E-state index contributed by atoms with van der Waals surface area (Å²) in [6, 6.07) is 5.57. The van der Waals surface area contributed by atoms with Crippen LogP contribution in [0.15, 0.2) is 30.6 Å². The minimum absolute atomic E-state index is 0.0939. The Bertz CT molecular complexity index is 840. The number of carbonyl (C=O) groups excluding carboxylic acids is 2. The van der Waals surface area contributed by atoms with E-state index in [9.17, 15) is 18.4 Å². The van der Waals surface area contributed by atoms with Gasteiger partial charge in [0, 0.05) is 37.2 Å². The summed E-state index contributed by atoms with van der Waals surface area (Å²) >= 11 is 0. The number of alkyl halides is 2. The van der Waals surface area contributed by atoms with Gasteiger partial charge in [0.25, 0.3) is 5.92 Å². The summed E-state index contributed by atoms with van der Waals surface area (Å²) in [5, 5.41) is 12.9. The second-order valence-electron chi connectivity index (χ2n) is 5.77. The molecule has 0 bridgehead atoms. The van der Waals surface area contributed by atoms with E-state index in [-0.39, 0.29) is 18.6 Å². The van der Waals surface area contributed by atoms with E-state index in [0.717, 1.165) is 10.4 Å². The van der Waals surface area contributed by atoms with Crippen molar-refractivity contribution in [3.63, 3.8) is 0 Å². The molecule has 0 saturated carbocycles. The molecule has 2 aromatic heterocycles. The van der Waals surface area contributed by atoms with Crippen LogP contribution in [0.5, 0.6) is 0 Å². The number of hydrogen-bond acceptors (Lipinski definition) is 4. The van der Waals surface area contributed by atoms with Crippen LogP contribution >= 0.6 is 0 Å². The fourth-order valence-corrected chi connectivity index (χ4v) is 2.80. The maximum atomic E-state index is 13.4. The van der Waals surface area contributed by atoms with Crippen molar-refractivity contribution in [2.45, 2.75) is 31.2 Å². The van der Waals surface area contributed by atoms with E-state index in [2.05, 4.69) is 5.10 Å². The number of fused-ring (bicyclic) bond motifs is 1. The van der Waals surface area contributed by atoms with Gasteiger partial charge in [0.05, 0.1) is 18.1 Å². The van der Waals surface area contributed by atoms with Crippen LogP contribution in [-0.4, -0.2) is 44.7 Å². The molecular formula is C16H14F2N4O2. The predicted molar refractivity (Wildman–Crippen MR) is 79.4 cm³/mol. The smallest absolute Gasteiger partial charge is 0.268 e. The number of aromatic nitrogens is 2. The van der Waals surface area contributed by atoms with Gasteiger partial charge in [0.15, 0.2) is 5.78 Å². The van der Waals surface area contributed by atoms with Crippen molar-refractivity contribution in [3.05, 3.63) is 36.2 Å². The van der Waals surface area contributed by atoms with Crippen LogP contribution < -0.4 is 0 Å². The zero-order valence-electron chi connectivity index (χ0n) is 12.7. The van der Waals surface area contributed by atoms with E-state index in [0.29, 0.717) is 5.56 Å². The summed E-state index contributed by atoms with van der Waals surface area (Å²) in [5.74, 6) is -3.91. The minimum Gasteiger partial charge on any atom is -0.320 e. The summed E-state index contributed by atoms with van der Waals surface area (Å²) in [4.78, 5) is 25.1. The van der Waals surface area contributed by atoms with Crippen molar-refractivity contribution < 1.29 is 18.4 Å². The highest BCUT2D eigenvalue weighted by Gasteiger charge is 2.47. The van der Waals surface area contributed by atoms with Gasteiger partial charge in [-0.15, -0.1) is 0 Å². The molecular weight excluding hydrogens is 318 g/mol. The first-order valence-electron chi connectivity index (χ1n) is 7.43. The Morgan fingerprint density at radius 3 is 2.92 bits per heavy atom. The molecule has 0 unspecified atom stereocenters. The van der Waals surface area contributed by atoms with Gasteiger partial charge in [-0.1, -0.05) is 0 Å². The molecule has 0 aromatic carbocycles. The van der Waals surface area contributed by atoms with Gasteiger partial charge < -0.3 is 4.90 Å². The molecule has 3 rings (SSSR count). The summed E-state index contributed by atoms with van der Waals surface area (Å²) < 4.78 is 28.3. The second kappa shape index (κ2) is 6.00. The molecule has 8 heteroatoms. The Labute approximate surface area is 136 Å². The number of carbonyl (C=O) groups is 2. The maximum Gasteiger partial charge on any atom is 0.268 e. The monoisotopic (exact) mass is 332 g/mol. The number of hydrogen-bond donors (Lipinski definition) is 0. The molecule has 2 aromatic rings. The van der Waals surface area contributed by atoms with Crippen LogP contribution in [0, 0.1) is 11.3 Å². The fraction of sp³-hybridized carbons (Fsp3) is 0.375. The Hall–Kier alpha value is -2.82. The second-order valence-corrected chi connectivity index (χ2v) is 5.77. The number of Topliss-reactive ketones (excluding diaryl/α,β-unsaturated/α-hetero) is 1. The quantitative estimate of drug-likeness (QED) is 0.803. The van der Waals surface area contributed by atoms with E-state index in [1.54, 1.807) is 41.2 Å². The molecule has 1 amide bonds. The summed E-state index contributed by atoms with van der Waals surface area (Å²) in [6.07, 6.45) is 2.29. The number of likely N-dealkylation sites (tertiary alicyclic amines) is 1. The third kappa shape index (κ3) is 3.11. The zero-order valence-corrected chi connectivity index (χ0v) is 12.7. The number of ketones is 1. The maximum absolute atomic E-state index is 13.4. The number of rotatable bonds is 4. The fourth-order valence-electron chi connectivity index (χ4n) is 2.80. The van der Waals surface area contributed by atoms with Crippen LogP contribution in [0.4, 0.5) is 8.78 Å². The molecule has 1 aliphatic rings. The average molecular weight is 332 g/mol. The summed E-state index contributed by atoms with van der Waals surface area (Å²) in [6.45, 7) is -0.764. The largest absolute Gasteiger partial charge is 0.320 e. The first-order valence-corrected chi connectivity index (χ1v) is 7.43. The molecule has 1 saturated heterocycles. The van der Waals surface area contributed by atoms with Crippen LogP contribution in [-0.2, 0) is 4.79 Å². The molecule has 0 N–H and O–H groups in total. The lowest BCUT2D eigenvalue weighted by atomic mass is 10.1. The predicted octanol–water partition coefficient (Wildman–Crippen LogP) is 2.06. The van der Waals surface area contributed by atoms with Gasteiger partial charge in [0.2, 0.25) is 5.91 Å². The van der Waals surface area contributed by atoms with Crippen LogP contribution in [0.2, 0.25) is 0 Å². The van der Waals surface area contributed by atoms with E-state index in [4.69, 9.17) is 5.26 Å². The number of pyridine rings is 1. The molecule has 1 aliphatic heterocycles. The molecule has 0 spiro atoms. The van der Waals surface area contributed by atoms with Gasteiger partial charge in [-0.25, -0.2) is 13.3 Å². The van der Waals surface area contributed by atoms with Crippen molar-refractivity contribution >= 4 is 17.2 Å². The Balaban J connectivity index is 1.63. The van der Waals surface area contributed by atoms with Gasteiger partial charge >= 0.3 is 0 Å². The van der Waals surface area contributed by atoms with Gasteiger partial charge in [-0.2, -0.15) is 10.4 Å². The zero-order chi connectivity index (χ0) is 17.3. The van der Waals surface area contributed by atoms with Crippen molar-refractivity contribution in [3.8, 4) is 6.07 Å². The number of amides is 1. The summed E-state index contributed by atoms with van der Waals surface area (Å²) in [5.41, 5.74) is 1.18. The molecule has 3 heterocycles. The normalized spacial score (nSPS) is 19.4. The van der Waals surface area contributed by atoms with Crippen molar-refractivity contribution in [1.82, 2.24) is 14.5 Å². The van der Waals surface area contributed by atoms with E-state index >= 15 is 0 Å². The molecule has 0 radical (unpaired) electrons. The highest BCUT2D eigenvalue weighted by Crippen LogP contribution is 2.32. The molecule has 0 aliphatic carbocycles. The molecule has 1 fully saturated rings. The number of nitriles is 1. The Morgan fingerprint density at radius 1 is 1.38 bits per heavy atom. The third-order valence-corrected chi connectivity index (χ3v) is 4.03. The topological polar surface area (TPSA) is 78.5 Å². The summed E-state index contributed by atoms with van der Waals surface area (Å²) in [7, 11) is 0. The Kier molecular flexibility index (Phi) is 4.01. The average Bonchev–Trinajstić information content (AvgIpc) is 3.14. The standard InChI is InChI=1S/C16H14F2N4O2/c17-16(18)8-13(9-19)21(10-16)15(24)2-1-14(23)11-4-6-22-12(7-11)3-5-20-22/h3-7,13H,1-2,8,10H2/t13-/m0/s1. The molecule has 1 atom stereocenters. The molecule has 6 nitrogen and oxygen atoms in total. The van der Waals surface area contributed by atoms with Crippen molar-refractivity contribution in [2.24, 2.45) is 0 Å². The number of nitrogens with zero attached hydrogens (tertiary/aromatic N) is 4. The number of halogens is 2. The highest BCUT2D eigenvalue weighted by atomic mass is 19.3. The van der Waals surface area contributed by atoms with E-state index < -0.39 is 30.8 Å². The minimum atomic E-state index is -3.05. The molecule has 24 heavy (non-hydrogen) atoms. The highest BCUT2D eigenvalue weighted by molar-refractivity contribution is 5.98. The van der Waals surface area contributed by atoms with Crippen LogP contribution in [0.3, 0.4) is 0 Å². The lowest BCUT2D eigenvalue weighted by Crippen LogP contribution is -2.36. The lowest BCUT2D eigenvalue weighted by molar-refractivity contribution is -0.132. The van der Waals surface area contributed by atoms with Crippen LogP contribution in [0.25, 0.3) is 5.52 Å². The lowest BCUT2D eigenvalue weighted by Gasteiger charge is -2.18. The first-order chi connectivity index (χ1) is 11.4. The third-order valence-electron chi connectivity index (χ3n) is 4.03.